The lowest BCUT2D eigenvalue weighted by Gasteiger charge is -2.14. The molecule has 2 aromatic heterocycles. The van der Waals surface area contributed by atoms with E-state index in [1.54, 1.807) is 29.1 Å². The molecule has 29 heavy (non-hydrogen) atoms. The first kappa shape index (κ1) is 17.4. The van der Waals surface area contributed by atoms with Gasteiger partial charge in [0.15, 0.2) is 11.5 Å². The molecule has 0 saturated heterocycles. The molecule has 2 aromatic carbocycles. The minimum absolute atomic E-state index is 0.0781. The van der Waals surface area contributed by atoms with Crippen LogP contribution in [0, 0.1) is 0 Å². The fourth-order valence-electron chi connectivity index (χ4n) is 3.60. The summed E-state index contributed by atoms with van der Waals surface area (Å²) in [6.07, 6.45) is 5.58. The zero-order valence-electron chi connectivity index (χ0n) is 15.6. The fourth-order valence-corrected chi connectivity index (χ4v) is 3.60. The van der Waals surface area contributed by atoms with E-state index >= 15 is 0 Å². The van der Waals surface area contributed by atoms with Crippen LogP contribution in [-0.2, 0) is 6.54 Å². The van der Waals surface area contributed by atoms with Gasteiger partial charge in [0.1, 0.15) is 5.82 Å². The smallest absolute Gasteiger partial charge is 0.261 e. The third-order valence-corrected chi connectivity index (χ3v) is 5.30. The van der Waals surface area contributed by atoms with Crippen LogP contribution in [0.5, 0.6) is 11.5 Å². The van der Waals surface area contributed by atoms with Crippen LogP contribution in [0.3, 0.4) is 0 Å². The van der Waals surface area contributed by atoms with E-state index in [1.165, 1.54) is 12.1 Å². The highest BCUT2D eigenvalue weighted by atomic mass is 16.3. The standard InChI is InChI=1S/C23H19N3O3/c27-20-8-6-17(11-21(20)28)16-5-7-19-18(10-16)23(29)26(22(25-19)15-3-4-15)13-14-2-1-9-24-12-14/h1-2,5-12,15,27-28H,3-4,13H2. The van der Waals surface area contributed by atoms with Crippen LogP contribution in [0.25, 0.3) is 22.0 Å². The van der Waals surface area contributed by atoms with Gasteiger partial charge in [-0.25, -0.2) is 4.98 Å². The lowest BCUT2D eigenvalue weighted by atomic mass is 10.0. The van der Waals surface area contributed by atoms with Crippen molar-refractivity contribution >= 4 is 10.9 Å². The average Bonchev–Trinajstić information content (AvgIpc) is 3.58. The van der Waals surface area contributed by atoms with Crippen LogP contribution in [-0.4, -0.2) is 24.7 Å². The van der Waals surface area contributed by atoms with Crippen LogP contribution < -0.4 is 5.56 Å². The Balaban J connectivity index is 1.67. The van der Waals surface area contributed by atoms with Gasteiger partial charge in [0.05, 0.1) is 17.4 Å². The second-order valence-corrected chi connectivity index (χ2v) is 7.43. The number of phenolic OH excluding ortho intramolecular Hbond substituents is 2. The van der Waals surface area contributed by atoms with E-state index in [9.17, 15) is 15.0 Å². The van der Waals surface area contributed by atoms with Crippen molar-refractivity contribution in [2.45, 2.75) is 25.3 Å². The molecule has 6 heteroatoms. The van der Waals surface area contributed by atoms with Gasteiger partial charge in [0.2, 0.25) is 0 Å². The monoisotopic (exact) mass is 385 g/mol. The first-order valence-electron chi connectivity index (χ1n) is 9.56. The highest BCUT2D eigenvalue weighted by Gasteiger charge is 2.29. The number of benzene rings is 2. The molecule has 1 fully saturated rings. The van der Waals surface area contributed by atoms with Gasteiger partial charge in [0.25, 0.3) is 5.56 Å². The maximum atomic E-state index is 13.4. The summed E-state index contributed by atoms with van der Waals surface area (Å²) in [5.41, 5.74) is 3.04. The number of hydrogen-bond acceptors (Lipinski definition) is 5. The summed E-state index contributed by atoms with van der Waals surface area (Å²) in [7, 11) is 0. The summed E-state index contributed by atoms with van der Waals surface area (Å²) in [6, 6.07) is 14.0. The summed E-state index contributed by atoms with van der Waals surface area (Å²) < 4.78 is 1.76. The Labute approximate surface area is 166 Å². The number of phenols is 2. The van der Waals surface area contributed by atoms with E-state index in [1.807, 2.05) is 24.3 Å². The van der Waals surface area contributed by atoms with Gasteiger partial charge in [-0.05, 0) is 59.9 Å². The number of nitrogens with zero attached hydrogens (tertiary/aromatic N) is 3. The van der Waals surface area contributed by atoms with Gasteiger partial charge in [-0.15, -0.1) is 0 Å². The normalized spacial score (nSPS) is 13.7. The summed E-state index contributed by atoms with van der Waals surface area (Å²) in [4.78, 5) is 22.4. The predicted molar refractivity (Wildman–Crippen MR) is 110 cm³/mol. The Hall–Kier alpha value is -3.67. The molecule has 0 amide bonds. The van der Waals surface area contributed by atoms with Crippen molar-refractivity contribution in [3.63, 3.8) is 0 Å². The largest absolute Gasteiger partial charge is 0.504 e. The second-order valence-electron chi connectivity index (χ2n) is 7.43. The third-order valence-electron chi connectivity index (χ3n) is 5.30. The topological polar surface area (TPSA) is 88.2 Å². The molecule has 1 aliphatic carbocycles. The molecular formula is C23H19N3O3. The molecular weight excluding hydrogens is 366 g/mol. The van der Waals surface area contributed by atoms with Crippen molar-refractivity contribution in [1.82, 2.24) is 14.5 Å². The molecule has 0 spiro atoms. The maximum Gasteiger partial charge on any atom is 0.261 e. The second kappa shape index (κ2) is 6.74. The van der Waals surface area contributed by atoms with Gasteiger partial charge < -0.3 is 10.2 Å². The van der Waals surface area contributed by atoms with Crippen molar-refractivity contribution in [3.05, 3.63) is 82.7 Å². The molecule has 0 atom stereocenters. The van der Waals surface area contributed by atoms with Crippen molar-refractivity contribution < 1.29 is 10.2 Å². The van der Waals surface area contributed by atoms with Gasteiger partial charge in [0, 0.05) is 18.3 Å². The Kier molecular flexibility index (Phi) is 4.05. The predicted octanol–water partition coefficient (Wildman–Crippen LogP) is 3.80. The van der Waals surface area contributed by atoms with E-state index in [0.29, 0.717) is 28.9 Å². The maximum absolute atomic E-state index is 13.4. The lowest BCUT2D eigenvalue weighted by molar-refractivity contribution is 0.404. The molecule has 6 nitrogen and oxygen atoms in total. The highest BCUT2D eigenvalue weighted by molar-refractivity contribution is 5.84. The Morgan fingerprint density at radius 2 is 1.79 bits per heavy atom. The molecule has 0 bridgehead atoms. The molecule has 0 radical (unpaired) electrons. The van der Waals surface area contributed by atoms with Crippen LogP contribution in [0.15, 0.2) is 65.7 Å². The molecule has 1 aliphatic rings. The van der Waals surface area contributed by atoms with Gasteiger partial charge in [-0.3, -0.25) is 14.3 Å². The summed E-state index contributed by atoms with van der Waals surface area (Å²) in [6.45, 7) is 0.436. The number of hydrogen-bond donors (Lipinski definition) is 2. The fraction of sp³-hybridized carbons (Fsp3) is 0.174. The van der Waals surface area contributed by atoms with Crippen molar-refractivity contribution in [1.29, 1.82) is 0 Å². The van der Waals surface area contributed by atoms with E-state index in [0.717, 1.165) is 29.8 Å². The first-order valence-corrected chi connectivity index (χ1v) is 9.56. The van der Waals surface area contributed by atoms with Gasteiger partial charge in [-0.2, -0.15) is 0 Å². The van der Waals surface area contributed by atoms with E-state index < -0.39 is 0 Å². The summed E-state index contributed by atoms with van der Waals surface area (Å²) in [5, 5.41) is 19.9. The van der Waals surface area contributed by atoms with E-state index in [-0.39, 0.29) is 17.1 Å². The zero-order valence-corrected chi connectivity index (χ0v) is 15.6. The Morgan fingerprint density at radius 3 is 2.52 bits per heavy atom. The molecule has 4 aromatic rings. The van der Waals surface area contributed by atoms with Crippen molar-refractivity contribution in [3.8, 4) is 22.6 Å². The zero-order chi connectivity index (χ0) is 20.0. The molecule has 2 heterocycles. The van der Waals surface area contributed by atoms with Gasteiger partial charge in [-0.1, -0.05) is 18.2 Å². The molecule has 1 saturated carbocycles. The van der Waals surface area contributed by atoms with E-state index in [4.69, 9.17) is 4.98 Å². The molecule has 144 valence electrons. The number of rotatable bonds is 4. The number of aromatic hydroxyl groups is 2. The SMILES string of the molecule is O=c1c2cc(-c3ccc(O)c(O)c3)ccc2nc(C2CC2)n1Cc1cccnc1. The summed E-state index contributed by atoms with van der Waals surface area (Å²) >= 11 is 0. The minimum atomic E-state index is -0.196. The third kappa shape index (κ3) is 3.23. The van der Waals surface area contributed by atoms with Gasteiger partial charge >= 0.3 is 0 Å². The number of aromatic nitrogens is 3. The van der Waals surface area contributed by atoms with Crippen LogP contribution in [0.1, 0.15) is 30.1 Å². The lowest BCUT2D eigenvalue weighted by Crippen LogP contribution is -2.25. The van der Waals surface area contributed by atoms with Crippen LogP contribution in [0.2, 0.25) is 0 Å². The minimum Gasteiger partial charge on any atom is -0.504 e. The summed E-state index contributed by atoms with van der Waals surface area (Å²) in [5.74, 6) is 0.793. The Bertz CT molecular complexity index is 1280. The number of pyridine rings is 1. The first-order chi connectivity index (χ1) is 14.1. The van der Waals surface area contributed by atoms with Crippen LogP contribution >= 0.6 is 0 Å². The quantitative estimate of drug-likeness (QED) is 0.522. The molecule has 0 unspecified atom stereocenters. The molecule has 5 rings (SSSR count). The number of fused-ring (bicyclic) bond motifs is 1. The molecule has 2 N–H and O–H groups in total. The Morgan fingerprint density at radius 1 is 1.00 bits per heavy atom. The average molecular weight is 385 g/mol. The van der Waals surface area contributed by atoms with Crippen LogP contribution in [0.4, 0.5) is 0 Å². The highest BCUT2D eigenvalue weighted by Crippen LogP contribution is 2.39. The van der Waals surface area contributed by atoms with Crippen molar-refractivity contribution in [2.75, 3.05) is 0 Å². The molecule has 0 aliphatic heterocycles. The van der Waals surface area contributed by atoms with Crippen molar-refractivity contribution in [2.24, 2.45) is 0 Å². The van der Waals surface area contributed by atoms with E-state index in [2.05, 4.69) is 4.98 Å².